The average molecular weight is 913 g/mol. The Morgan fingerprint density at radius 1 is 0.633 bits per heavy atom. The lowest BCUT2D eigenvalue weighted by Crippen LogP contribution is -2.46. The van der Waals surface area contributed by atoms with Crippen molar-refractivity contribution in [3.8, 4) is 0 Å². The quantitative estimate of drug-likeness (QED) is 0.0847. The van der Waals surface area contributed by atoms with Crippen molar-refractivity contribution in [3.63, 3.8) is 0 Å². The van der Waals surface area contributed by atoms with Gasteiger partial charge in [-0.3, -0.25) is 28.0 Å². The Kier molecular flexibility index (Phi) is 18.8. The minimum absolute atomic E-state index is 0.0618. The van der Waals surface area contributed by atoms with Crippen LogP contribution in [0.3, 0.4) is 0 Å². The van der Waals surface area contributed by atoms with E-state index < -0.39 is 99.4 Å². The summed E-state index contributed by atoms with van der Waals surface area (Å²) >= 11 is 0. The molecule has 9 unspecified atom stereocenters. The monoisotopic (exact) mass is 912 g/mol. The Hall–Kier alpha value is -1.38. The first kappa shape index (κ1) is 51.3. The highest BCUT2D eigenvalue weighted by Crippen LogP contribution is 2.48. The van der Waals surface area contributed by atoms with E-state index in [1.807, 2.05) is 13.8 Å². The molecule has 0 amide bonds. The first-order chi connectivity index (χ1) is 27.9. The van der Waals surface area contributed by atoms with E-state index >= 15 is 0 Å². The van der Waals surface area contributed by atoms with Gasteiger partial charge in [0.25, 0.3) is 30.4 Å². The predicted octanol–water partition coefficient (Wildman–Crippen LogP) is 7.38. The van der Waals surface area contributed by atoms with Crippen molar-refractivity contribution in [2.75, 3.05) is 6.61 Å². The molecule has 4 rings (SSSR count). The fraction of sp³-hybridized carbons (Fsp3) is 0.929. The molecule has 4 aliphatic rings. The normalized spacial score (nSPS) is 26.9. The zero-order valence-electron chi connectivity index (χ0n) is 36.2. The number of ether oxygens (including phenoxy) is 3. The van der Waals surface area contributed by atoms with Gasteiger partial charge in [-0.2, -0.15) is 25.3 Å². The molecule has 348 valence electrons. The Balaban J connectivity index is 1.52. The van der Waals surface area contributed by atoms with Gasteiger partial charge in [-0.25, -0.2) is 0 Å². The second-order valence-corrected chi connectivity index (χ2v) is 23.9. The van der Waals surface area contributed by atoms with Crippen LogP contribution >= 0.6 is 0 Å². The summed E-state index contributed by atoms with van der Waals surface area (Å²) in [5, 5.41) is 0. The Labute approximate surface area is 358 Å². The number of rotatable bonds is 23. The largest absolute Gasteiger partial charge is 0.353 e. The van der Waals surface area contributed by atoms with Gasteiger partial charge in [-0.05, 0) is 107 Å². The van der Waals surface area contributed by atoms with Gasteiger partial charge in [0, 0.05) is 24.4 Å². The van der Waals surface area contributed by atoms with Crippen molar-refractivity contribution in [2.24, 2.45) is 46.8 Å². The van der Waals surface area contributed by atoms with E-state index in [1.54, 1.807) is 6.92 Å². The maximum absolute atomic E-state index is 14.7. The summed E-state index contributed by atoms with van der Waals surface area (Å²) in [7, 11) is -14.6. The molecular formula is C42H72O15S3. The third-order valence-corrected chi connectivity index (χ3v) is 16.3. The van der Waals surface area contributed by atoms with E-state index in [0.717, 1.165) is 51.4 Å². The number of ketones is 3. The molecule has 9 atom stereocenters. The highest BCUT2D eigenvalue weighted by molar-refractivity contribution is 7.87. The summed E-state index contributed by atoms with van der Waals surface area (Å²) < 4.78 is 122. The molecule has 0 spiro atoms. The SMILES string of the molecule is CC(CC1CCCC(C(C(=O)C(OC2CCCC2)S(=O)(=O)O)C2CCCC(CC(C)(C)CCOC(C(=O)C(C)C)S(=O)(=O)O)C2)C1)OC(C(=O)C1CCCCC1)S(=O)(=O)O. The summed E-state index contributed by atoms with van der Waals surface area (Å²) in [6.07, 6.45) is 12.1. The molecule has 4 saturated carbocycles. The number of hydrogen-bond donors (Lipinski definition) is 3. The molecule has 4 fully saturated rings. The minimum atomic E-state index is -4.94. The third-order valence-electron chi connectivity index (χ3n) is 13.6. The molecule has 0 heterocycles. The molecule has 0 bridgehead atoms. The van der Waals surface area contributed by atoms with Crippen LogP contribution in [0.4, 0.5) is 0 Å². The second kappa shape index (κ2) is 22.0. The van der Waals surface area contributed by atoms with Crippen LogP contribution in [0.25, 0.3) is 0 Å². The van der Waals surface area contributed by atoms with Crippen molar-refractivity contribution in [1.29, 1.82) is 0 Å². The summed E-state index contributed by atoms with van der Waals surface area (Å²) in [4.78, 5) is 40.5. The van der Waals surface area contributed by atoms with Crippen LogP contribution in [-0.2, 0) is 58.9 Å². The first-order valence-electron chi connectivity index (χ1n) is 22.3. The van der Waals surface area contributed by atoms with Crippen molar-refractivity contribution < 1.29 is 67.5 Å². The molecule has 15 nitrogen and oxygen atoms in total. The number of carbonyl (C=O) groups is 3. The predicted molar refractivity (Wildman–Crippen MR) is 224 cm³/mol. The summed E-state index contributed by atoms with van der Waals surface area (Å²) in [5.74, 6) is -4.40. The van der Waals surface area contributed by atoms with Gasteiger partial charge in [0.2, 0.25) is 16.3 Å². The molecule has 0 aromatic heterocycles. The van der Waals surface area contributed by atoms with E-state index in [-0.39, 0.29) is 30.3 Å². The van der Waals surface area contributed by atoms with Gasteiger partial charge in [-0.15, -0.1) is 0 Å². The van der Waals surface area contributed by atoms with Gasteiger partial charge in [0.05, 0.1) is 12.2 Å². The van der Waals surface area contributed by atoms with Gasteiger partial charge < -0.3 is 14.2 Å². The smallest absolute Gasteiger partial charge is 0.299 e. The standard InChI is InChI=1S/C42H72O15S3/c1-27(2)36(43)39(58(46,47)48)55-22-21-42(4,5)26-30-14-12-18-33(25-30)35(38(45)41(60(52,53)54)57-34-19-9-10-20-34)32-17-11-13-29(24-32)23-28(3)56-40(59(49,50)51)37(44)31-15-7-6-8-16-31/h27-35,39-41H,6-26H2,1-5H3,(H,46,47,48)(H,49,50,51)(H,52,53,54). The molecule has 0 aromatic carbocycles. The van der Waals surface area contributed by atoms with E-state index in [9.17, 15) is 53.3 Å². The number of hydrogen-bond acceptors (Lipinski definition) is 12. The average Bonchev–Trinajstić information content (AvgIpc) is 3.67. The van der Waals surface area contributed by atoms with E-state index in [1.165, 1.54) is 13.8 Å². The minimum Gasteiger partial charge on any atom is -0.353 e. The topological polar surface area (TPSA) is 242 Å². The molecule has 0 aromatic rings. The Morgan fingerprint density at radius 3 is 1.68 bits per heavy atom. The molecule has 0 radical (unpaired) electrons. The van der Waals surface area contributed by atoms with Crippen LogP contribution < -0.4 is 0 Å². The maximum Gasteiger partial charge on any atom is 0.299 e. The van der Waals surface area contributed by atoms with E-state index in [2.05, 4.69) is 0 Å². The van der Waals surface area contributed by atoms with Gasteiger partial charge in [0.15, 0.2) is 17.3 Å². The fourth-order valence-corrected chi connectivity index (χ4v) is 13.1. The lowest BCUT2D eigenvalue weighted by Gasteiger charge is -2.43. The van der Waals surface area contributed by atoms with Gasteiger partial charge >= 0.3 is 0 Å². The van der Waals surface area contributed by atoms with Gasteiger partial charge in [0.1, 0.15) is 0 Å². The molecule has 18 heteroatoms. The molecule has 0 aliphatic heterocycles. The molecular weight excluding hydrogens is 841 g/mol. The fourth-order valence-electron chi connectivity index (χ4n) is 10.7. The van der Waals surface area contributed by atoms with Crippen LogP contribution in [-0.4, -0.2) is 91.4 Å². The van der Waals surface area contributed by atoms with Crippen LogP contribution in [0.5, 0.6) is 0 Å². The maximum atomic E-state index is 14.7. The zero-order valence-corrected chi connectivity index (χ0v) is 38.7. The summed E-state index contributed by atoms with van der Waals surface area (Å²) in [6, 6.07) is 0. The van der Waals surface area contributed by atoms with E-state index in [0.29, 0.717) is 77.0 Å². The summed E-state index contributed by atoms with van der Waals surface area (Å²) in [6.45, 7) is 8.64. The number of carbonyl (C=O) groups excluding carboxylic acids is 3. The Morgan fingerprint density at radius 2 is 1.15 bits per heavy atom. The lowest BCUT2D eigenvalue weighted by atomic mass is 9.62. The van der Waals surface area contributed by atoms with Crippen molar-refractivity contribution in [3.05, 3.63) is 0 Å². The molecule has 4 aliphatic carbocycles. The number of Topliss-reactive ketones (excluding diaryl/α,β-unsaturated/α-hetero) is 3. The van der Waals surface area contributed by atoms with Crippen molar-refractivity contribution in [2.45, 2.75) is 192 Å². The van der Waals surface area contributed by atoms with Crippen molar-refractivity contribution in [1.82, 2.24) is 0 Å². The lowest BCUT2D eigenvalue weighted by molar-refractivity contribution is -0.139. The molecule has 60 heavy (non-hydrogen) atoms. The van der Waals surface area contributed by atoms with Crippen molar-refractivity contribution >= 4 is 47.7 Å². The van der Waals surface area contributed by atoms with Crippen LogP contribution in [0.15, 0.2) is 0 Å². The Bertz CT molecular complexity index is 1770. The van der Waals surface area contributed by atoms with Gasteiger partial charge in [-0.1, -0.05) is 85.5 Å². The second-order valence-electron chi connectivity index (χ2n) is 19.6. The van der Waals surface area contributed by atoms with E-state index in [4.69, 9.17) is 14.2 Å². The highest BCUT2D eigenvalue weighted by atomic mass is 32.2. The van der Waals surface area contributed by atoms with Crippen LogP contribution in [0, 0.1) is 46.8 Å². The third kappa shape index (κ3) is 15.1. The molecule has 3 N–H and O–H groups in total. The highest BCUT2D eigenvalue weighted by Gasteiger charge is 2.48. The summed E-state index contributed by atoms with van der Waals surface area (Å²) in [5.41, 5.74) is -6.37. The van der Waals surface area contributed by atoms with Crippen LogP contribution in [0.2, 0.25) is 0 Å². The van der Waals surface area contributed by atoms with Crippen LogP contribution in [0.1, 0.15) is 163 Å². The zero-order chi connectivity index (χ0) is 44.6. The first-order valence-corrected chi connectivity index (χ1v) is 26.8. The molecule has 0 saturated heterocycles.